The van der Waals surface area contributed by atoms with Gasteiger partial charge in [-0.15, -0.1) is 11.6 Å². The van der Waals surface area contributed by atoms with Crippen LogP contribution in [0.2, 0.25) is 13.1 Å². The number of allylic oxidation sites excluding steroid dienone is 4. The third kappa shape index (κ3) is 1.89. The molecule has 1 atom stereocenters. The van der Waals surface area contributed by atoms with Gasteiger partial charge in [0.25, 0.3) is 0 Å². The van der Waals surface area contributed by atoms with Gasteiger partial charge in [-0.1, -0.05) is 37.4 Å². The van der Waals surface area contributed by atoms with Crippen molar-refractivity contribution >= 4 is 30.1 Å². The van der Waals surface area contributed by atoms with Gasteiger partial charge in [-0.3, -0.25) is 0 Å². The van der Waals surface area contributed by atoms with Gasteiger partial charge in [0.2, 0.25) is 0 Å². The summed E-state index contributed by atoms with van der Waals surface area (Å²) in [5.74, 6) is 0. The van der Waals surface area contributed by atoms with Crippen LogP contribution in [-0.2, 0) is 0 Å². The van der Waals surface area contributed by atoms with Gasteiger partial charge in [-0.2, -0.15) is 11.1 Å². The molecule has 1 rings (SSSR count). The third-order valence-electron chi connectivity index (χ3n) is 2.01. The van der Waals surface area contributed by atoms with Gasteiger partial charge in [0.15, 0.2) is 7.38 Å². The maximum Gasteiger partial charge on any atom is 0.176 e. The van der Waals surface area contributed by atoms with Crippen LogP contribution in [0.5, 0.6) is 0 Å². The molecule has 0 aromatic heterocycles. The number of halogens is 2. The van der Waals surface area contributed by atoms with Gasteiger partial charge >= 0.3 is 0 Å². The second-order valence-corrected chi connectivity index (χ2v) is 11.0. The van der Waals surface area contributed by atoms with E-state index in [0.717, 1.165) is 6.42 Å². The molecule has 1 unspecified atom stereocenters. The summed E-state index contributed by atoms with van der Waals surface area (Å²) in [6.45, 7) is 4.15. The molecule has 0 amide bonds. The molecular weight excluding hydrogens is 195 g/mol. The number of hydrogen-bond donors (Lipinski definition) is 0. The van der Waals surface area contributed by atoms with E-state index in [1.807, 2.05) is 18.2 Å². The predicted octanol–water partition coefficient (Wildman–Crippen LogP) is 3.46. The van der Waals surface area contributed by atoms with Crippen molar-refractivity contribution in [3.63, 3.8) is 0 Å². The van der Waals surface area contributed by atoms with Gasteiger partial charge in [0.1, 0.15) is 0 Å². The zero-order valence-corrected chi connectivity index (χ0v) is 9.28. The molecule has 0 aromatic carbocycles. The summed E-state index contributed by atoms with van der Waals surface area (Å²) in [5, 5.41) is 0. The molecule has 0 N–H and O–H groups in total. The van der Waals surface area contributed by atoms with Crippen molar-refractivity contribution in [1.29, 1.82) is 0 Å². The van der Waals surface area contributed by atoms with Crippen LogP contribution in [-0.4, -0.2) is 11.9 Å². The fourth-order valence-corrected chi connectivity index (χ4v) is 2.71. The van der Waals surface area contributed by atoms with E-state index >= 15 is 0 Å². The summed E-state index contributed by atoms with van der Waals surface area (Å²) < 4.78 is -0.274. The molecule has 62 valence electrons. The smallest absolute Gasteiger partial charge is 0.165 e. The van der Waals surface area contributed by atoms with Crippen molar-refractivity contribution in [2.45, 2.75) is 24.0 Å². The monoisotopic (exact) mass is 206 g/mol. The van der Waals surface area contributed by atoms with E-state index in [2.05, 4.69) is 19.2 Å². The van der Waals surface area contributed by atoms with Gasteiger partial charge in [0, 0.05) is 0 Å². The van der Waals surface area contributed by atoms with Gasteiger partial charge in [-0.25, -0.2) is 0 Å². The Labute approximate surface area is 78.6 Å². The maximum absolute atomic E-state index is 6.34. The summed E-state index contributed by atoms with van der Waals surface area (Å²) in [7, 11) is -1.78. The Hall–Kier alpha value is 0.277. The molecule has 11 heavy (non-hydrogen) atoms. The fourth-order valence-electron chi connectivity index (χ4n) is 1.04. The molecule has 0 heterocycles. The van der Waals surface area contributed by atoms with Crippen LogP contribution in [0.3, 0.4) is 0 Å². The van der Waals surface area contributed by atoms with Crippen LogP contribution in [0.15, 0.2) is 24.3 Å². The Balaban J connectivity index is 2.84. The summed E-state index contributed by atoms with van der Waals surface area (Å²) in [4.78, 5) is 0. The Morgan fingerprint density at radius 2 is 2.00 bits per heavy atom. The SMILES string of the molecule is C[Si](C)(Cl)C1(Cl)C=CC=CC1. The highest BCUT2D eigenvalue weighted by Gasteiger charge is 2.42. The van der Waals surface area contributed by atoms with Crippen molar-refractivity contribution < 1.29 is 0 Å². The molecule has 1 aliphatic rings. The van der Waals surface area contributed by atoms with E-state index < -0.39 is 7.38 Å². The second kappa shape index (κ2) is 2.96. The van der Waals surface area contributed by atoms with Gasteiger partial charge < -0.3 is 0 Å². The molecule has 3 heteroatoms. The molecule has 0 saturated carbocycles. The standard InChI is InChI=1S/C8H12Cl2Si/c1-11(2,10)8(9)6-4-3-5-7-8/h3-6H,7H2,1-2H3. The molecule has 0 fully saturated rings. The van der Waals surface area contributed by atoms with Crippen molar-refractivity contribution in [2.24, 2.45) is 0 Å². The van der Waals surface area contributed by atoms with Crippen LogP contribution < -0.4 is 0 Å². The van der Waals surface area contributed by atoms with Gasteiger partial charge in [0.05, 0.1) is 4.50 Å². The lowest BCUT2D eigenvalue weighted by Crippen LogP contribution is -2.44. The number of hydrogen-bond acceptors (Lipinski definition) is 0. The van der Waals surface area contributed by atoms with Crippen LogP contribution >= 0.6 is 22.7 Å². The van der Waals surface area contributed by atoms with E-state index in [4.69, 9.17) is 22.7 Å². The van der Waals surface area contributed by atoms with E-state index in [-0.39, 0.29) is 4.50 Å². The lowest BCUT2D eigenvalue weighted by molar-refractivity contribution is 0.925. The van der Waals surface area contributed by atoms with Crippen LogP contribution in [0.1, 0.15) is 6.42 Å². The first-order valence-corrected chi connectivity index (χ1v) is 8.07. The predicted molar refractivity (Wildman–Crippen MR) is 54.8 cm³/mol. The highest BCUT2D eigenvalue weighted by Crippen LogP contribution is 2.37. The number of alkyl halides is 1. The average Bonchev–Trinajstić information content (AvgIpc) is 1.87. The third-order valence-corrected chi connectivity index (χ3v) is 7.36. The zero-order chi connectivity index (χ0) is 8.54. The van der Waals surface area contributed by atoms with Crippen LogP contribution in [0.25, 0.3) is 0 Å². The Morgan fingerprint density at radius 3 is 2.27 bits per heavy atom. The minimum absolute atomic E-state index is 0.274. The summed E-state index contributed by atoms with van der Waals surface area (Å²) in [6, 6.07) is 0. The Morgan fingerprint density at radius 1 is 1.36 bits per heavy atom. The largest absolute Gasteiger partial charge is 0.176 e. The van der Waals surface area contributed by atoms with E-state index in [1.165, 1.54) is 0 Å². The normalized spacial score (nSPS) is 30.9. The Kier molecular flexibility index (Phi) is 2.52. The quantitative estimate of drug-likeness (QED) is 0.351. The molecule has 0 bridgehead atoms. The van der Waals surface area contributed by atoms with Crippen molar-refractivity contribution in [3.05, 3.63) is 24.3 Å². The van der Waals surface area contributed by atoms with E-state index in [9.17, 15) is 0 Å². The molecule has 0 saturated heterocycles. The number of rotatable bonds is 1. The highest BCUT2D eigenvalue weighted by atomic mass is 35.6. The average molecular weight is 207 g/mol. The molecule has 0 spiro atoms. The molecule has 0 aromatic rings. The van der Waals surface area contributed by atoms with Crippen LogP contribution in [0.4, 0.5) is 0 Å². The fraction of sp³-hybridized carbons (Fsp3) is 0.500. The highest BCUT2D eigenvalue weighted by molar-refractivity contribution is 7.23. The molecule has 0 aliphatic heterocycles. The van der Waals surface area contributed by atoms with Crippen LogP contribution in [0, 0.1) is 0 Å². The molecule has 0 nitrogen and oxygen atoms in total. The second-order valence-electron chi connectivity index (χ2n) is 3.33. The first-order valence-electron chi connectivity index (χ1n) is 3.68. The lowest BCUT2D eigenvalue weighted by atomic mass is 10.2. The summed E-state index contributed by atoms with van der Waals surface area (Å²) >= 11 is 12.6. The molecule has 1 aliphatic carbocycles. The summed E-state index contributed by atoms with van der Waals surface area (Å²) in [5.41, 5.74) is 0. The lowest BCUT2D eigenvalue weighted by Gasteiger charge is -2.33. The summed E-state index contributed by atoms with van der Waals surface area (Å²) in [6.07, 6.45) is 8.96. The van der Waals surface area contributed by atoms with E-state index in [1.54, 1.807) is 0 Å². The maximum atomic E-state index is 6.34. The minimum atomic E-state index is -1.78. The zero-order valence-electron chi connectivity index (χ0n) is 6.77. The minimum Gasteiger partial charge on any atom is -0.165 e. The Bertz CT molecular complexity index is 203. The molecule has 0 radical (unpaired) electrons. The van der Waals surface area contributed by atoms with E-state index in [0.29, 0.717) is 0 Å². The topological polar surface area (TPSA) is 0 Å². The van der Waals surface area contributed by atoms with Crippen molar-refractivity contribution in [1.82, 2.24) is 0 Å². The van der Waals surface area contributed by atoms with Gasteiger partial charge in [-0.05, 0) is 6.42 Å². The van der Waals surface area contributed by atoms with Crippen molar-refractivity contribution in [3.8, 4) is 0 Å². The van der Waals surface area contributed by atoms with Crippen molar-refractivity contribution in [2.75, 3.05) is 0 Å². The first-order chi connectivity index (χ1) is 4.96. The molecular formula is C8H12Cl2Si. The first kappa shape index (κ1) is 9.37.